The number of hydrogen-bond acceptors (Lipinski definition) is 1. The van der Waals surface area contributed by atoms with E-state index in [1.807, 2.05) is 0 Å². The molecule has 3 rings (SSSR count). The molecule has 2 saturated carbocycles. The van der Waals surface area contributed by atoms with E-state index in [-0.39, 0.29) is 0 Å². The number of nitrogens with one attached hydrogen (secondary N) is 1. The molecule has 0 amide bonds. The fourth-order valence-electron chi connectivity index (χ4n) is 3.71. The fraction of sp³-hybridized carbons (Fsp3) is 0.667. The number of halogens is 1. The molecule has 0 aliphatic heterocycles. The molecule has 0 unspecified atom stereocenters. The van der Waals surface area contributed by atoms with Gasteiger partial charge in [0.25, 0.3) is 0 Å². The first-order chi connectivity index (χ1) is 9.53. The number of hydrogen-bond donors (Lipinski definition) is 1. The van der Waals surface area contributed by atoms with Crippen molar-refractivity contribution in [3.05, 3.63) is 34.3 Å². The van der Waals surface area contributed by atoms with Crippen molar-refractivity contribution in [2.24, 2.45) is 5.41 Å². The molecule has 0 heterocycles. The Balaban J connectivity index is 1.46. The Morgan fingerprint density at radius 2 is 1.70 bits per heavy atom. The lowest BCUT2D eigenvalue weighted by molar-refractivity contribution is 0.174. The van der Waals surface area contributed by atoms with Crippen LogP contribution >= 0.6 is 15.9 Å². The Morgan fingerprint density at radius 3 is 2.35 bits per heavy atom. The second kappa shape index (κ2) is 5.81. The first kappa shape index (κ1) is 14.6. The normalized spacial score (nSPS) is 29.9. The summed E-state index contributed by atoms with van der Waals surface area (Å²) in [4.78, 5) is 0. The number of rotatable bonds is 3. The summed E-state index contributed by atoms with van der Waals surface area (Å²) in [5.74, 6) is 0.753. The highest BCUT2D eigenvalue weighted by molar-refractivity contribution is 9.10. The summed E-state index contributed by atoms with van der Waals surface area (Å²) in [6.45, 7) is 4.82. The Labute approximate surface area is 131 Å². The highest BCUT2D eigenvalue weighted by Crippen LogP contribution is 2.41. The van der Waals surface area contributed by atoms with Crippen molar-refractivity contribution in [3.8, 4) is 0 Å². The van der Waals surface area contributed by atoms with E-state index in [1.54, 1.807) is 0 Å². The Morgan fingerprint density at radius 1 is 1.05 bits per heavy atom. The largest absolute Gasteiger partial charge is 0.311 e. The molecule has 2 aliphatic rings. The topological polar surface area (TPSA) is 12.0 Å². The van der Waals surface area contributed by atoms with Crippen LogP contribution in [0.5, 0.6) is 0 Å². The molecule has 1 aromatic rings. The standard InChI is InChI=1S/C18H26BrN/c1-18(2)9-7-14(8-10-18)20-15-11-13(12-15)16-5-3-4-6-17(16)19/h3-6,13-15,20H,7-12H2,1-2H3. The smallest absolute Gasteiger partial charge is 0.0210 e. The van der Waals surface area contributed by atoms with E-state index in [9.17, 15) is 0 Å². The monoisotopic (exact) mass is 335 g/mol. The van der Waals surface area contributed by atoms with Crippen LogP contribution in [0.15, 0.2) is 28.7 Å². The van der Waals surface area contributed by atoms with E-state index < -0.39 is 0 Å². The lowest BCUT2D eigenvalue weighted by atomic mass is 9.73. The number of benzene rings is 1. The SMILES string of the molecule is CC1(C)CCC(NC2CC(c3ccccc3Br)C2)CC1. The van der Waals surface area contributed by atoms with Crippen LogP contribution in [-0.2, 0) is 0 Å². The molecule has 0 spiro atoms. The van der Waals surface area contributed by atoms with Gasteiger partial charge in [0.1, 0.15) is 0 Å². The van der Waals surface area contributed by atoms with Crippen LogP contribution in [0.4, 0.5) is 0 Å². The molecule has 0 radical (unpaired) electrons. The van der Waals surface area contributed by atoms with Crippen LogP contribution < -0.4 is 5.32 Å². The summed E-state index contributed by atoms with van der Waals surface area (Å²) in [6.07, 6.45) is 8.10. The molecule has 2 aliphatic carbocycles. The molecule has 2 fully saturated rings. The third-order valence-electron chi connectivity index (χ3n) is 5.29. The predicted octanol–water partition coefficient (Wildman–Crippen LogP) is 5.25. The van der Waals surface area contributed by atoms with Crippen LogP contribution in [0.25, 0.3) is 0 Å². The van der Waals surface area contributed by atoms with Gasteiger partial charge in [0, 0.05) is 16.6 Å². The molecule has 2 heteroatoms. The summed E-state index contributed by atoms with van der Waals surface area (Å²) in [5, 5.41) is 3.90. The lowest BCUT2D eigenvalue weighted by Crippen LogP contribution is -2.47. The zero-order chi connectivity index (χ0) is 14.2. The minimum absolute atomic E-state index is 0.579. The van der Waals surface area contributed by atoms with Crippen molar-refractivity contribution in [1.29, 1.82) is 0 Å². The molecule has 0 bridgehead atoms. The molecular weight excluding hydrogens is 310 g/mol. The van der Waals surface area contributed by atoms with Crippen molar-refractivity contribution in [1.82, 2.24) is 5.32 Å². The molecule has 20 heavy (non-hydrogen) atoms. The van der Waals surface area contributed by atoms with Gasteiger partial charge in [-0.2, -0.15) is 0 Å². The molecule has 110 valence electrons. The third kappa shape index (κ3) is 3.28. The molecule has 1 aromatic carbocycles. The van der Waals surface area contributed by atoms with Gasteiger partial charge in [0.2, 0.25) is 0 Å². The van der Waals surface area contributed by atoms with E-state index in [1.165, 1.54) is 48.6 Å². The van der Waals surface area contributed by atoms with Gasteiger partial charge in [0.15, 0.2) is 0 Å². The van der Waals surface area contributed by atoms with Crippen molar-refractivity contribution < 1.29 is 0 Å². The zero-order valence-corrected chi connectivity index (χ0v) is 14.2. The van der Waals surface area contributed by atoms with Gasteiger partial charge in [-0.25, -0.2) is 0 Å². The average molecular weight is 336 g/mol. The van der Waals surface area contributed by atoms with E-state index in [0.717, 1.165) is 18.0 Å². The Hall–Kier alpha value is -0.340. The van der Waals surface area contributed by atoms with Crippen LogP contribution in [0.2, 0.25) is 0 Å². The third-order valence-corrected chi connectivity index (χ3v) is 6.02. The molecule has 1 N–H and O–H groups in total. The lowest BCUT2D eigenvalue weighted by Gasteiger charge is -2.42. The summed E-state index contributed by atoms with van der Waals surface area (Å²) in [6, 6.07) is 10.2. The summed E-state index contributed by atoms with van der Waals surface area (Å²) < 4.78 is 1.28. The van der Waals surface area contributed by atoms with Crippen molar-refractivity contribution in [2.75, 3.05) is 0 Å². The first-order valence-corrected chi connectivity index (χ1v) is 8.83. The van der Waals surface area contributed by atoms with Crippen LogP contribution in [0.1, 0.15) is 63.9 Å². The average Bonchev–Trinajstić information content (AvgIpc) is 2.36. The summed E-state index contributed by atoms with van der Waals surface area (Å²) >= 11 is 3.68. The molecular formula is C18H26BrN. The Bertz CT molecular complexity index is 452. The molecule has 0 aromatic heterocycles. The van der Waals surface area contributed by atoms with Crippen LogP contribution in [0.3, 0.4) is 0 Å². The van der Waals surface area contributed by atoms with Gasteiger partial charge in [-0.05, 0) is 61.5 Å². The summed E-state index contributed by atoms with van der Waals surface area (Å²) in [5.41, 5.74) is 2.07. The van der Waals surface area contributed by atoms with Gasteiger partial charge >= 0.3 is 0 Å². The maximum absolute atomic E-state index is 3.90. The van der Waals surface area contributed by atoms with E-state index in [0.29, 0.717) is 5.41 Å². The second-order valence-electron chi connectivity index (χ2n) is 7.49. The second-order valence-corrected chi connectivity index (χ2v) is 8.35. The predicted molar refractivity (Wildman–Crippen MR) is 89.1 cm³/mol. The minimum Gasteiger partial charge on any atom is -0.311 e. The van der Waals surface area contributed by atoms with Crippen molar-refractivity contribution >= 4 is 15.9 Å². The van der Waals surface area contributed by atoms with Gasteiger partial charge in [-0.3, -0.25) is 0 Å². The minimum atomic E-state index is 0.579. The quantitative estimate of drug-likeness (QED) is 0.794. The van der Waals surface area contributed by atoms with Crippen molar-refractivity contribution in [2.45, 2.75) is 70.4 Å². The van der Waals surface area contributed by atoms with Gasteiger partial charge in [0.05, 0.1) is 0 Å². The Kier molecular flexibility index (Phi) is 4.24. The summed E-state index contributed by atoms with van der Waals surface area (Å²) in [7, 11) is 0. The van der Waals surface area contributed by atoms with Gasteiger partial charge < -0.3 is 5.32 Å². The van der Waals surface area contributed by atoms with Gasteiger partial charge in [-0.1, -0.05) is 48.0 Å². The fourth-order valence-corrected chi connectivity index (χ4v) is 4.32. The van der Waals surface area contributed by atoms with E-state index in [4.69, 9.17) is 0 Å². The van der Waals surface area contributed by atoms with Crippen LogP contribution in [0, 0.1) is 5.41 Å². The maximum atomic E-state index is 3.90. The first-order valence-electron chi connectivity index (χ1n) is 8.04. The highest BCUT2D eigenvalue weighted by Gasteiger charge is 2.34. The van der Waals surface area contributed by atoms with E-state index >= 15 is 0 Å². The molecule has 1 nitrogen and oxygen atoms in total. The van der Waals surface area contributed by atoms with Crippen LogP contribution in [-0.4, -0.2) is 12.1 Å². The maximum Gasteiger partial charge on any atom is 0.0210 e. The van der Waals surface area contributed by atoms with Gasteiger partial charge in [-0.15, -0.1) is 0 Å². The van der Waals surface area contributed by atoms with E-state index in [2.05, 4.69) is 59.4 Å². The van der Waals surface area contributed by atoms with Crippen molar-refractivity contribution in [3.63, 3.8) is 0 Å². The molecule has 0 saturated heterocycles. The zero-order valence-electron chi connectivity index (χ0n) is 12.7. The molecule has 0 atom stereocenters. The highest BCUT2D eigenvalue weighted by atomic mass is 79.9.